The molecule has 0 unspecified atom stereocenters. The zero-order valence-corrected chi connectivity index (χ0v) is 12.2. The predicted octanol–water partition coefficient (Wildman–Crippen LogP) is 4.82. The number of carbonyl (C=O) groups excluding carboxylic acids is 1. The molecular formula is C15H9BrF4O. The second-order valence-electron chi connectivity index (χ2n) is 4.43. The summed E-state index contributed by atoms with van der Waals surface area (Å²) in [5, 5.41) is 0. The highest BCUT2D eigenvalue weighted by Crippen LogP contribution is 2.19. The lowest BCUT2D eigenvalue weighted by molar-refractivity contribution is 0.0982. The molecule has 0 fully saturated rings. The number of benzene rings is 2. The van der Waals surface area contributed by atoms with Gasteiger partial charge in [-0.1, -0.05) is 6.07 Å². The molecule has 6 heteroatoms. The van der Waals surface area contributed by atoms with E-state index in [0.29, 0.717) is 0 Å². The number of ketones is 1. The Morgan fingerprint density at radius 2 is 1.57 bits per heavy atom. The first-order valence-electron chi connectivity index (χ1n) is 6.00. The van der Waals surface area contributed by atoms with Crippen molar-refractivity contribution in [1.29, 1.82) is 0 Å². The maximum Gasteiger partial charge on any atom is 0.194 e. The lowest BCUT2D eigenvalue weighted by atomic mass is 10.0. The van der Waals surface area contributed by atoms with E-state index in [-0.39, 0.29) is 34.2 Å². The summed E-state index contributed by atoms with van der Waals surface area (Å²) in [6.45, 7) is 0. The van der Waals surface area contributed by atoms with Gasteiger partial charge in [0, 0.05) is 12.0 Å². The average molecular weight is 361 g/mol. The zero-order valence-electron chi connectivity index (χ0n) is 10.6. The predicted molar refractivity (Wildman–Crippen MR) is 73.1 cm³/mol. The van der Waals surface area contributed by atoms with Crippen molar-refractivity contribution < 1.29 is 22.4 Å². The van der Waals surface area contributed by atoms with Crippen LogP contribution in [0.25, 0.3) is 0 Å². The SMILES string of the molecule is O=C(CCc1cc(F)c(F)c(F)c1)c1ccc(Br)c(F)c1. The Morgan fingerprint density at radius 1 is 0.952 bits per heavy atom. The maximum atomic E-state index is 13.3. The van der Waals surface area contributed by atoms with Crippen molar-refractivity contribution in [2.24, 2.45) is 0 Å². The van der Waals surface area contributed by atoms with Crippen molar-refractivity contribution in [2.75, 3.05) is 0 Å². The van der Waals surface area contributed by atoms with Crippen LogP contribution in [0.4, 0.5) is 17.6 Å². The first-order valence-corrected chi connectivity index (χ1v) is 6.79. The molecule has 0 bridgehead atoms. The van der Waals surface area contributed by atoms with E-state index in [0.717, 1.165) is 18.2 Å². The second kappa shape index (κ2) is 6.39. The van der Waals surface area contributed by atoms with Crippen LogP contribution in [0.3, 0.4) is 0 Å². The molecule has 0 aliphatic rings. The molecule has 0 atom stereocenters. The van der Waals surface area contributed by atoms with Crippen LogP contribution in [-0.2, 0) is 6.42 Å². The van der Waals surface area contributed by atoms with Gasteiger partial charge in [0.15, 0.2) is 23.2 Å². The number of hydrogen-bond acceptors (Lipinski definition) is 1. The number of aryl methyl sites for hydroxylation is 1. The number of Topliss-reactive ketones (excluding diaryl/α,β-unsaturated/α-hetero) is 1. The minimum atomic E-state index is -1.54. The second-order valence-corrected chi connectivity index (χ2v) is 5.28. The fourth-order valence-corrected chi connectivity index (χ4v) is 2.07. The maximum absolute atomic E-state index is 13.3. The summed E-state index contributed by atoms with van der Waals surface area (Å²) in [5.74, 6) is -5.08. The summed E-state index contributed by atoms with van der Waals surface area (Å²) >= 11 is 2.97. The van der Waals surface area contributed by atoms with Gasteiger partial charge in [-0.3, -0.25) is 4.79 Å². The molecule has 0 aliphatic carbocycles. The van der Waals surface area contributed by atoms with Crippen LogP contribution in [0.5, 0.6) is 0 Å². The Balaban J connectivity index is 2.09. The molecule has 2 aromatic carbocycles. The van der Waals surface area contributed by atoms with Crippen LogP contribution >= 0.6 is 15.9 Å². The van der Waals surface area contributed by atoms with Crippen LogP contribution in [-0.4, -0.2) is 5.78 Å². The lowest BCUT2D eigenvalue weighted by Gasteiger charge is -2.04. The fourth-order valence-electron chi connectivity index (χ4n) is 1.82. The third kappa shape index (κ3) is 3.69. The molecule has 2 rings (SSSR count). The van der Waals surface area contributed by atoms with E-state index in [9.17, 15) is 22.4 Å². The molecule has 0 spiro atoms. The van der Waals surface area contributed by atoms with Gasteiger partial charge in [-0.2, -0.15) is 0 Å². The molecule has 1 nitrogen and oxygen atoms in total. The van der Waals surface area contributed by atoms with Gasteiger partial charge >= 0.3 is 0 Å². The summed E-state index contributed by atoms with van der Waals surface area (Å²) in [6, 6.07) is 5.61. The summed E-state index contributed by atoms with van der Waals surface area (Å²) in [7, 11) is 0. The number of hydrogen-bond donors (Lipinski definition) is 0. The van der Waals surface area contributed by atoms with Gasteiger partial charge in [0.2, 0.25) is 0 Å². The Morgan fingerprint density at radius 3 is 2.14 bits per heavy atom. The van der Waals surface area contributed by atoms with Gasteiger partial charge in [0.05, 0.1) is 4.47 Å². The molecule has 0 aromatic heterocycles. The lowest BCUT2D eigenvalue weighted by Crippen LogP contribution is -2.03. The van der Waals surface area contributed by atoms with Crippen molar-refractivity contribution in [3.8, 4) is 0 Å². The molecule has 21 heavy (non-hydrogen) atoms. The summed E-state index contributed by atoms with van der Waals surface area (Å²) < 4.78 is 52.4. The quantitative estimate of drug-likeness (QED) is 0.434. The third-order valence-corrected chi connectivity index (χ3v) is 3.57. The minimum absolute atomic E-state index is 0.0324. The van der Waals surface area contributed by atoms with E-state index in [1.165, 1.54) is 12.1 Å². The van der Waals surface area contributed by atoms with Gasteiger partial charge in [0.25, 0.3) is 0 Å². The topological polar surface area (TPSA) is 17.1 Å². The van der Waals surface area contributed by atoms with Crippen LogP contribution in [0.2, 0.25) is 0 Å². The van der Waals surface area contributed by atoms with E-state index < -0.39 is 23.3 Å². The number of halogens is 5. The van der Waals surface area contributed by atoms with Gasteiger partial charge < -0.3 is 0 Å². The highest BCUT2D eigenvalue weighted by Gasteiger charge is 2.13. The molecule has 0 saturated heterocycles. The van der Waals surface area contributed by atoms with Gasteiger partial charge in [0.1, 0.15) is 5.82 Å². The molecule has 0 aliphatic heterocycles. The normalized spacial score (nSPS) is 10.7. The molecular weight excluding hydrogens is 352 g/mol. The first-order chi connectivity index (χ1) is 9.88. The van der Waals surface area contributed by atoms with E-state index in [4.69, 9.17) is 0 Å². The first kappa shape index (κ1) is 15.7. The Hall–Kier alpha value is -1.69. The van der Waals surface area contributed by atoms with Crippen molar-refractivity contribution in [3.63, 3.8) is 0 Å². The van der Waals surface area contributed by atoms with Gasteiger partial charge in [-0.05, 0) is 52.2 Å². The van der Waals surface area contributed by atoms with Crippen LogP contribution < -0.4 is 0 Å². The molecule has 0 amide bonds. The highest BCUT2D eigenvalue weighted by atomic mass is 79.9. The fraction of sp³-hybridized carbons (Fsp3) is 0.133. The smallest absolute Gasteiger partial charge is 0.194 e. The van der Waals surface area contributed by atoms with E-state index >= 15 is 0 Å². The van der Waals surface area contributed by atoms with Crippen LogP contribution in [0.15, 0.2) is 34.8 Å². The largest absolute Gasteiger partial charge is 0.294 e. The van der Waals surface area contributed by atoms with Crippen molar-refractivity contribution in [1.82, 2.24) is 0 Å². The van der Waals surface area contributed by atoms with Gasteiger partial charge in [-0.25, -0.2) is 17.6 Å². The summed E-state index contributed by atoms with van der Waals surface area (Å²) in [6.07, 6.45) is -0.0315. The van der Waals surface area contributed by atoms with E-state index in [2.05, 4.69) is 15.9 Å². The molecule has 0 radical (unpaired) electrons. The van der Waals surface area contributed by atoms with E-state index in [1.54, 1.807) is 0 Å². The molecule has 2 aromatic rings. The summed E-state index contributed by atoms with van der Waals surface area (Å²) in [5.41, 5.74) is 0.330. The molecule has 110 valence electrons. The number of rotatable bonds is 4. The Kier molecular flexibility index (Phi) is 4.77. The molecule has 0 saturated carbocycles. The Labute approximate surface area is 126 Å². The van der Waals surface area contributed by atoms with Crippen molar-refractivity contribution in [3.05, 3.63) is 69.2 Å². The molecule has 0 N–H and O–H groups in total. The summed E-state index contributed by atoms with van der Waals surface area (Å²) in [4.78, 5) is 11.9. The van der Waals surface area contributed by atoms with Crippen molar-refractivity contribution >= 4 is 21.7 Å². The van der Waals surface area contributed by atoms with Crippen molar-refractivity contribution in [2.45, 2.75) is 12.8 Å². The third-order valence-electron chi connectivity index (χ3n) is 2.93. The Bertz CT molecular complexity index is 677. The minimum Gasteiger partial charge on any atom is -0.294 e. The van der Waals surface area contributed by atoms with Crippen LogP contribution in [0.1, 0.15) is 22.3 Å². The van der Waals surface area contributed by atoms with E-state index in [1.807, 2.05) is 0 Å². The zero-order chi connectivity index (χ0) is 15.6. The number of carbonyl (C=O) groups is 1. The monoisotopic (exact) mass is 360 g/mol. The standard InChI is InChI=1S/C15H9BrF4O/c16-10-3-2-9(7-11(10)17)14(21)4-1-8-5-12(18)15(20)13(19)6-8/h2-3,5-7H,1,4H2. The van der Waals surface area contributed by atoms with Crippen LogP contribution in [0, 0.1) is 23.3 Å². The van der Waals surface area contributed by atoms with Gasteiger partial charge in [-0.15, -0.1) is 0 Å². The highest BCUT2D eigenvalue weighted by molar-refractivity contribution is 9.10. The average Bonchev–Trinajstić information content (AvgIpc) is 2.44. The molecule has 0 heterocycles.